The van der Waals surface area contributed by atoms with Gasteiger partial charge in [0.1, 0.15) is 31.0 Å². The second-order valence-corrected chi connectivity index (χ2v) is 16.6. The molecule has 1 aliphatic heterocycles. The van der Waals surface area contributed by atoms with E-state index >= 15 is 0 Å². The number of hydrogen-bond donors (Lipinski definition) is 4. The summed E-state index contributed by atoms with van der Waals surface area (Å²) in [7, 11) is 0. The quantitative estimate of drug-likeness (QED) is 0.0267. The summed E-state index contributed by atoms with van der Waals surface area (Å²) >= 11 is 0. The third-order valence-electron chi connectivity index (χ3n) is 11.2. The van der Waals surface area contributed by atoms with Crippen molar-refractivity contribution in [2.24, 2.45) is 0 Å². The Morgan fingerprint density at radius 1 is 0.526 bits per heavy atom. The number of aliphatic hydroxyl groups excluding tert-OH is 4. The van der Waals surface area contributed by atoms with Gasteiger partial charge >= 0.3 is 11.9 Å². The van der Waals surface area contributed by atoms with Crippen molar-refractivity contribution in [2.45, 2.75) is 256 Å². The predicted octanol–water partition coefficient (Wildman–Crippen LogP) is 10.3. The second-order valence-electron chi connectivity index (χ2n) is 16.6. The van der Waals surface area contributed by atoms with Crippen LogP contribution in [-0.2, 0) is 28.5 Å². The summed E-state index contributed by atoms with van der Waals surface area (Å²) < 4.78 is 22.2. The molecule has 0 saturated carbocycles. The number of esters is 2. The molecule has 0 aromatic rings. The first-order valence-corrected chi connectivity index (χ1v) is 23.8. The van der Waals surface area contributed by atoms with Gasteiger partial charge in [-0.2, -0.15) is 0 Å². The Kier molecular flexibility index (Phi) is 36.2. The van der Waals surface area contributed by atoms with Crippen molar-refractivity contribution in [3.63, 3.8) is 0 Å². The Morgan fingerprint density at radius 3 is 1.40 bits per heavy atom. The molecule has 0 aromatic carbocycles. The highest BCUT2D eigenvalue weighted by atomic mass is 16.7. The molecule has 1 rings (SSSR count). The molecule has 0 aliphatic carbocycles. The number of ether oxygens (including phenoxy) is 4. The third kappa shape index (κ3) is 30.2. The van der Waals surface area contributed by atoms with Gasteiger partial charge in [-0.3, -0.25) is 9.59 Å². The van der Waals surface area contributed by atoms with E-state index in [0.29, 0.717) is 6.42 Å². The van der Waals surface area contributed by atoms with Crippen molar-refractivity contribution in [1.82, 2.24) is 0 Å². The second kappa shape index (κ2) is 38.6. The van der Waals surface area contributed by atoms with Crippen LogP contribution in [0.3, 0.4) is 0 Å². The Bertz CT molecular complexity index is 943. The van der Waals surface area contributed by atoms with Crippen molar-refractivity contribution < 1.29 is 49.0 Å². The molecular weight excluding hydrogens is 725 g/mol. The van der Waals surface area contributed by atoms with Gasteiger partial charge in [0, 0.05) is 12.8 Å². The predicted molar refractivity (Wildman–Crippen MR) is 229 cm³/mol. The van der Waals surface area contributed by atoms with Crippen LogP contribution in [0.4, 0.5) is 0 Å². The van der Waals surface area contributed by atoms with E-state index in [-0.39, 0.29) is 32.0 Å². The zero-order chi connectivity index (χ0) is 41.6. The van der Waals surface area contributed by atoms with Crippen LogP contribution in [0, 0.1) is 0 Å². The summed E-state index contributed by atoms with van der Waals surface area (Å²) in [5.74, 6) is -0.806. The van der Waals surface area contributed by atoms with Gasteiger partial charge in [-0.1, -0.05) is 180 Å². The topological polar surface area (TPSA) is 152 Å². The van der Waals surface area contributed by atoms with E-state index in [9.17, 15) is 30.0 Å². The largest absolute Gasteiger partial charge is 0.462 e. The molecule has 57 heavy (non-hydrogen) atoms. The van der Waals surface area contributed by atoms with Crippen LogP contribution in [0.25, 0.3) is 0 Å². The van der Waals surface area contributed by atoms with Gasteiger partial charge in [-0.05, 0) is 38.5 Å². The molecular formula is C47H88O10. The number of rotatable bonds is 40. The average Bonchev–Trinajstić information content (AvgIpc) is 3.21. The van der Waals surface area contributed by atoms with Crippen LogP contribution in [0.15, 0.2) is 12.2 Å². The highest BCUT2D eigenvalue weighted by Crippen LogP contribution is 2.23. The van der Waals surface area contributed by atoms with Crippen molar-refractivity contribution in [3.8, 4) is 0 Å². The maximum absolute atomic E-state index is 12.7. The number of allylic oxidation sites excluding steroid dienone is 2. The first kappa shape index (κ1) is 53.5. The van der Waals surface area contributed by atoms with Gasteiger partial charge in [-0.25, -0.2) is 0 Å². The molecule has 336 valence electrons. The Morgan fingerprint density at radius 2 is 0.930 bits per heavy atom. The summed E-state index contributed by atoms with van der Waals surface area (Å²) in [5, 5.41) is 40.1. The first-order valence-electron chi connectivity index (χ1n) is 23.8. The molecule has 1 saturated heterocycles. The minimum atomic E-state index is -1.59. The molecule has 0 bridgehead atoms. The average molecular weight is 813 g/mol. The van der Waals surface area contributed by atoms with Crippen molar-refractivity contribution in [3.05, 3.63) is 12.2 Å². The lowest BCUT2D eigenvalue weighted by Gasteiger charge is -2.39. The van der Waals surface area contributed by atoms with Gasteiger partial charge < -0.3 is 39.4 Å². The normalized spacial score (nSPS) is 20.3. The molecule has 1 fully saturated rings. The molecule has 10 heteroatoms. The van der Waals surface area contributed by atoms with Crippen LogP contribution >= 0.6 is 0 Å². The summed E-state index contributed by atoms with van der Waals surface area (Å²) in [4.78, 5) is 25.3. The molecule has 6 atom stereocenters. The summed E-state index contributed by atoms with van der Waals surface area (Å²) in [5.41, 5.74) is 0. The summed E-state index contributed by atoms with van der Waals surface area (Å²) in [6, 6.07) is 0. The van der Waals surface area contributed by atoms with Crippen LogP contribution in [0.2, 0.25) is 0 Å². The zero-order valence-corrected chi connectivity index (χ0v) is 36.6. The minimum absolute atomic E-state index is 0.215. The fourth-order valence-corrected chi connectivity index (χ4v) is 7.36. The minimum Gasteiger partial charge on any atom is -0.462 e. The Labute approximate surface area is 348 Å². The highest BCUT2D eigenvalue weighted by molar-refractivity contribution is 5.70. The zero-order valence-electron chi connectivity index (χ0n) is 36.6. The first-order chi connectivity index (χ1) is 27.8. The lowest BCUT2D eigenvalue weighted by molar-refractivity contribution is -0.305. The van der Waals surface area contributed by atoms with E-state index in [1.165, 1.54) is 128 Å². The Balaban J connectivity index is 2.25. The van der Waals surface area contributed by atoms with E-state index in [2.05, 4.69) is 26.0 Å². The number of hydrogen-bond acceptors (Lipinski definition) is 10. The number of unbranched alkanes of at least 4 members (excludes halogenated alkanes) is 27. The van der Waals surface area contributed by atoms with Gasteiger partial charge in [0.25, 0.3) is 0 Å². The molecule has 0 radical (unpaired) electrons. The molecule has 0 amide bonds. The van der Waals surface area contributed by atoms with Gasteiger partial charge in [0.15, 0.2) is 12.4 Å². The number of carbonyl (C=O) groups excluding carboxylic acids is 2. The third-order valence-corrected chi connectivity index (χ3v) is 11.2. The maximum atomic E-state index is 12.7. The fraction of sp³-hybridized carbons (Fsp3) is 0.915. The lowest BCUT2D eigenvalue weighted by Crippen LogP contribution is -2.59. The van der Waals surface area contributed by atoms with Crippen molar-refractivity contribution in [2.75, 3.05) is 19.8 Å². The highest BCUT2D eigenvalue weighted by Gasteiger charge is 2.44. The van der Waals surface area contributed by atoms with Crippen LogP contribution < -0.4 is 0 Å². The summed E-state index contributed by atoms with van der Waals surface area (Å²) in [6.45, 7) is 3.42. The SMILES string of the molecule is CCCCC/C=C\CCCCCCCC(=O)OC(COC(=O)CCCCCCCCCCCCCCCCCCCCCC)COC1OC(CO)C(O)C(O)C1O. The van der Waals surface area contributed by atoms with Gasteiger partial charge in [0.05, 0.1) is 13.2 Å². The molecule has 1 aliphatic rings. The Hall–Kier alpha value is -1.56. The fourth-order valence-electron chi connectivity index (χ4n) is 7.36. The van der Waals surface area contributed by atoms with E-state index in [0.717, 1.165) is 57.8 Å². The van der Waals surface area contributed by atoms with E-state index in [1.54, 1.807) is 0 Å². The summed E-state index contributed by atoms with van der Waals surface area (Å²) in [6.07, 6.45) is 33.7. The lowest BCUT2D eigenvalue weighted by atomic mass is 9.99. The molecule has 4 N–H and O–H groups in total. The van der Waals surface area contributed by atoms with Gasteiger partial charge in [0.2, 0.25) is 0 Å². The standard InChI is InChI=1S/C47H88O10/c1-3-5-7-9-11-13-15-17-18-19-20-21-22-23-24-26-27-29-31-33-35-42(49)54-38-40(39-55-47-46(53)45(52)44(51)41(37-48)57-47)56-43(50)36-34-32-30-28-25-16-14-12-10-8-6-4-2/h12,14,40-41,44-48,51-53H,3-11,13,15-39H2,1-2H3/b14-12-. The smallest absolute Gasteiger partial charge is 0.306 e. The van der Waals surface area contributed by atoms with Crippen molar-refractivity contribution >= 4 is 11.9 Å². The molecule has 0 spiro atoms. The van der Waals surface area contributed by atoms with Crippen LogP contribution in [0.1, 0.15) is 219 Å². The van der Waals surface area contributed by atoms with E-state index in [1.807, 2.05) is 0 Å². The number of carbonyl (C=O) groups is 2. The van der Waals surface area contributed by atoms with Crippen LogP contribution in [0.5, 0.6) is 0 Å². The molecule has 1 heterocycles. The van der Waals surface area contributed by atoms with Crippen LogP contribution in [-0.4, -0.2) is 89.0 Å². The monoisotopic (exact) mass is 813 g/mol. The number of aliphatic hydroxyl groups is 4. The van der Waals surface area contributed by atoms with Gasteiger partial charge in [-0.15, -0.1) is 0 Å². The van der Waals surface area contributed by atoms with Crippen molar-refractivity contribution in [1.29, 1.82) is 0 Å². The molecule has 10 nitrogen and oxygen atoms in total. The maximum Gasteiger partial charge on any atom is 0.306 e. The molecule has 0 aromatic heterocycles. The molecule has 6 unspecified atom stereocenters. The van der Waals surface area contributed by atoms with E-state index < -0.39 is 49.4 Å². The van der Waals surface area contributed by atoms with E-state index in [4.69, 9.17) is 18.9 Å².